The molecule has 0 radical (unpaired) electrons. The minimum atomic E-state index is 0.465. The molecule has 1 heterocycles. The van der Waals surface area contributed by atoms with E-state index in [4.69, 9.17) is 10.5 Å². The van der Waals surface area contributed by atoms with Crippen LogP contribution in [0.4, 0.5) is 11.5 Å². The minimum absolute atomic E-state index is 0.465. The fourth-order valence-corrected chi connectivity index (χ4v) is 1.70. The maximum atomic E-state index is 5.96. The molecule has 1 unspecified atom stereocenters. The first-order valence-corrected chi connectivity index (χ1v) is 7.47. The van der Waals surface area contributed by atoms with E-state index in [0.717, 1.165) is 19.4 Å². The Balaban J connectivity index is 2.54. The van der Waals surface area contributed by atoms with Crippen LogP contribution < -0.4 is 15.8 Å². The first-order valence-electron chi connectivity index (χ1n) is 6.19. The number of nitrogens with two attached hydrogens (primary N) is 1. The lowest BCUT2D eigenvalue weighted by Gasteiger charge is -2.12. The van der Waals surface area contributed by atoms with Gasteiger partial charge in [0, 0.05) is 11.8 Å². The first-order chi connectivity index (χ1) is 8.69. The van der Waals surface area contributed by atoms with Crippen LogP contribution in [0.5, 0.6) is 5.88 Å². The molecule has 0 aromatic carbocycles. The number of nitrogen functional groups attached to an aromatic ring is 1. The van der Waals surface area contributed by atoms with Crippen LogP contribution in [0.25, 0.3) is 0 Å². The van der Waals surface area contributed by atoms with Gasteiger partial charge in [0.15, 0.2) is 5.82 Å². The van der Waals surface area contributed by atoms with Crippen LogP contribution >= 0.6 is 11.8 Å². The number of rotatable bonds is 8. The number of aromatic nitrogens is 2. The van der Waals surface area contributed by atoms with Gasteiger partial charge >= 0.3 is 0 Å². The number of anilines is 2. The van der Waals surface area contributed by atoms with Gasteiger partial charge in [0.05, 0.1) is 6.61 Å². The molecule has 0 fully saturated rings. The summed E-state index contributed by atoms with van der Waals surface area (Å²) in [5.41, 5.74) is 6.44. The van der Waals surface area contributed by atoms with Crippen molar-refractivity contribution in [2.75, 3.05) is 30.5 Å². The SMILES string of the molecule is CCCOc1ncnc(NCCC(C)SC)c1N. The Hall–Kier alpha value is -1.17. The summed E-state index contributed by atoms with van der Waals surface area (Å²) in [6.45, 7) is 5.70. The Morgan fingerprint density at radius 3 is 2.94 bits per heavy atom. The van der Waals surface area contributed by atoms with Gasteiger partial charge < -0.3 is 15.8 Å². The van der Waals surface area contributed by atoms with Gasteiger partial charge in [-0.15, -0.1) is 0 Å². The molecule has 1 atom stereocenters. The molecule has 0 aliphatic rings. The second-order valence-electron chi connectivity index (χ2n) is 4.05. The van der Waals surface area contributed by atoms with Crippen molar-refractivity contribution in [3.05, 3.63) is 6.33 Å². The number of nitrogens with zero attached hydrogens (tertiary/aromatic N) is 2. The highest BCUT2D eigenvalue weighted by molar-refractivity contribution is 7.99. The quantitative estimate of drug-likeness (QED) is 0.755. The Morgan fingerprint density at radius 2 is 2.28 bits per heavy atom. The van der Waals surface area contributed by atoms with Crippen LogP contribution in [0.1, 0.15) is 26.7 Å². The Labute approximate surface area is 113 Å². The molecule has 1 aromatic rings. The van der Waals surface area contributed by atoms with E-state index in [0.29, 0.717) is 29.2 Å². The lowest BCUT2D eigenvalue weighted by molar-refractivity contribution is 0.306. The van der Waals surface area contributed by atoms with Crippen molar-refractivity contribution in [2.45, 2.75) is 31.9 Å². The monoisotopic (exact) mass is 270 g/mol. The topological polar surface area (TPSA) is 73.1 Å². The molecular weight excluding hydrogens is 248 g/mol. The fourth-order valence-electron chi connectivity index (χ4n) is 1.35. The normalized spacial score (nSPS) is 12.2. The van der Waals surface area contributed by atoms with Crippen LogP contribution in [-0.2, 0) is 0 Å². The molecule has 3 N–H and O–H groups in total. The second kappa shape index (κ2) is 8.02. The summed E-state index contributed by atoms with van der Waals surface area (Å²) in [6.07, 6.45) is 5.58. The van der Waals surface area contributed by atoms with Crippen molar-refractivity contribution in [2.24, 2.45) is 0 Å². The molecule has 102 valence electrons. The van der Waals surface area contributed by atoms with E-state index in [1.165, 1.54) is 6.33 Å². The summed E-state index contributed by atoms with van der Waals surface area (Å²) in [4.78, 5) is 8.17. The van der Waals surface area contributed by atoms with E-state index in [1.807, 2.05) is 18.7 Å². The molecule has 0 bridgehead atoms. The summed E-state index contributed by atoms with van der Waals surface area (Å²) < 4.78 is 5.45. The molecule has 18 heavy (non-hydrogen) atoms. The third kappa shape index (κ3) is 4.60. The van der Waals surface area contributed by atoms with Crippen molar-refractivity contribution < 1.29 is 4.74 Å². The molecule has 0 aliphatic carbocycles. The molecular formula is C12H22N4OS. The third-order valence-corrected chi connectivity index (χ3v) is 3.58. The predicted octanol–water partition coefficient (Wildman–Crippen LogP) is 2.40. The second-order valence-corrected chi connectivity index (χ2v) is 5.33. The third-order valence-electron chi connectivity index (χ3n) is 2.54. The highest BCUT2D eigenvalue weighted by Crippen LogP contribution is 2.24. The molecule has 5 nitrogen and oxygen atoms in total. The van der Waals surface area contributed by atoms with Gasteiger partial charge in [0.25, 0.3) is 0 Å². The highest BCUT2D eigenvalue weighted by Gasteiger charge is 2.09. The fraction of sp³-hybridized carbons (Fsp3) is 0.667. The van der Waals surface area contributed by atoms with E-state index in [9.17, 15) is 0 Å². The van der Waals surface area contributed by atoms with Crippen LogP contribution in [-0.4, -0.2) is 34.6 Å². The first kappa shape index (κ1) is 14.9. The summed E-state index contributed by atoms with van der Waals surface area (Å²) in [5.74, 6) is 1.12. The predicted molar refractivity (Wildman–Crippen MR) is 78.3 cm³/mol. The number of nitrogens with one attached hydrogen (secondary N) is 1. The van der Waals surface area contributed by atoms with Crippen molar-refractivity contribution >= 4 is 23.3 Å². The zero-order valence-electron chi connectivity index (χ0n) is 11.3. The summed E-state index contributed by atoms with van der Waals surface area (Å²) in [7, 11) is 0. The molecule has 0 aliphatic heterocycles. The number of hydrogen-bond acceptors (Lipinski definition) is 6. The highest BCUT2D eigenvalue weighted by atomic mass is 32.2. The van der Waals surface area contributed by atoms with Crippen molar-refractivity contribution in [3.63, 3.8) is 0 Å². The van der Waals surface area contributed by atoms with Crippen molar-refractivity contribution in [3.8, 4) is 5.88 Å². The van der Waals surface area contributed by atoms with Gasteiger partial charge in [-0.3, -0.25) is 0 Å². The summed E-state index contributed by atoms with van der Waals surface area (Å²) in [6, 6.07) is 0. The minimum Gasteiger partial charge on any atom is -0.476 e. The van der Waals surface area contributed by atoms with Crippen LogP contribution in [0.15, 0.2) is 6.33 Å². The van der Waals surface area contributed by atoms with Gasteiger partial charge in [-0.2, -0.15) is 16.7 Å². The molecule has 0 saturated heterocycles. The van der Waals surface area contributed by atoms with E-state index in [-0.39, 0.29) is 0 Å². The Morgan fingerprint density at radius 1 is 1.50 bits per heavy atom. The van der Waals surface area contributed by atoms with E-state index in [2.05, 4.69) is 28.5 Å². The zero-order chi connectivity index (χ0) is 13.4. The summed E-state index contributed by atoms with van der Waals surface area (Å²) in [5, 5.41) is 3.85. The van der Waals surface area contributed by atoms with Gasteiger partial charge in [0.2, 0.25) is 5.88 Å². The Kier molecular flexibility index (Phi) is 6.64. The lowest BCUT2D eigenvalue weighted by atomic mass is 10.3. The van der Waals surface area contributed by atoms with Gasteiger partial charge in [-0.05, 0) is 19.1 Å². The number of hydrogen-bond donors (Lipinski definition) is 2. The molecule has 1 rings (SSSR count). The zero-order valence-corrected chi connectivity index (χ0v) is 12.1. The standard InChI is InChI=1S/C12H22N4OS/c1-4-7-17-12-10(13)11(15-8-16-12)14-6-5-9(2)18-3/h8-9H,4-7,13H2,1-3H3,(H,14,15,16). The summed E-state index contributed by atoms with van der Waals surface area (Å²) >= 11 is 1.85. The van der Waals surface area contributed by atoms with Gasteiger partial charge in [-0.1, -0.05) is 13.8 Å². The number of thioether (sulfide) groups is 1. The largest absolute Gasteiger partial charge is 0.476 e. The van der Waals surface area contributed by atoms with Gasteiger partial charge in [0.1, 0.15) is 12.0 Å². The average molecular weight is 270 g/mol. The van der Waals surface area contributed by atoms with Crippen molar-refractivity contribution in [1.29, 1.82) is 0 Å². The maximum absolute atomic E-state index is 5.96. The van der Waals surface area contributed by atoms with Crippen molar-refractivity contribution in [1.82, 2.24) is 9.97 Å². The average Bonchev–Trinajstić information content (AvgIpc) is 2.39. The number of ether oxygens (including phenoxy) is 1. The maximum Gasteiger partial charge on any atom is 0.242 e. The van der Waals surface area contributed by atoms with E-state index < -0.39 is 0 Å². The van der Waals surface area contributed by atoms with Gasteiger partial charge in [-0.25, -0.2) is 4.98 Å². The lowest BCUT2D eigenvalue weighted by Crippen LogP contribution is -2.12. The Bertz CT molecular complexity index is 362. The van der Waals surface area contributed by atoms with Crippen LogP contribution in [0.2, 0.25) is 0 Å². The van der Waals surface area contributed by atoms with Crippen LogP contribution in [0.3, 0.4) is 0 Å². The van der Waals surface area contributed by atoms with Crippen LogP contribution in [0, 0.1) is 0 Å². The molecule has 1 aromatic heterocycles. The molecule has 0 amide bonds. The molecule has 6 heteroatoms. The molecule has 0 saturated carbocycles. The molecule has 0 spiro atoms. The van der Waals surface area contributed by atoms with E-state index in [1.54, 1.807) is 0 Å². The van der Waals surface area contributed by atoms with E-state index >= 15 is 0 Å². The smallest absolute Gasteiger partial charge is 0.242 e.